The number of nitrogens with zero attached hydrogens (tertiary/aromatic N) is 2. The minimum absolute atomic E-state index is 0.0466. The molecule has 1 unspecified atom stereocenters. The molecule has 37 heavy (non-hydrogen) atoms. The largest absolute Gasteiger partial charge is 0.507 e. The van der Waals surface area contributed by atoms with Crippen LogP contribution in [0.25, 0.3) is 6.08 Å². The Morgan fingerprint density at radius 1 is 1.08 bits per heavy atom. The summed E-state index contributed by atoms with van der Waals surface area (Å²) in [5, 5.41) is 10.7. The van der Waals surface area contributed by atoms with Gasteiger partial charge in [0.1, 0.15) is 11.5 Å². The molecule has 0 saturated carbocycles. The fourth-order valence-electron chi connectivity index (χ4n) is 5.78. The van der Waals surface area contributed by atoms with Crippen LogP contribution in [-0.4, -0.2) is 46.5 Å². The number of Topliss-reactive ketones (excluding diaryl/α,β-unsaturated/α-hetero) is 1. The Morgan fingerprint density at radius 3 is 2.68 bits per heavy atom. The van der Waals surface area contributed by atoms with Gasteiger partial charge in [0.25, 0.3) is 5.56 Å². The quantitative estimate of drug-likeness (QED) is 0.434. The van der Waals surface area contributed by atoms with Gasteiger partial charge in [0.05, 0.1) is 23.8 Å². The number of aromatic nitrogens is 1. The Hall–Kier alpha value is -4.17. The summed E-state index contributed by atoms with van der Waals surface area (Å²) in [6, 6.07) is 15.3. The van der Waals surface area contributed by atoms with Gasteiger partial charge in [-0.05, 0) is 54.3 Å². The van der Waals surface area contributed by atoms with E-state index in [1.807, 2.05) is 16.7 Å². The molecule has 4 heterocycles. The molecule has 3 aliphatic rings. The van der Waals surface area contributed by atoms with E-state index in [1.54, 1.807) is 48.5 Å². The highest BCUT2D eigenvalue weighted by molar-refractivity contribution is 6.15. The van der Waals surface area contributed by atoms with Crippen LogP contribution in [0, 0.1) is 5.92 Å². The molecule has 0 radical (unpaired) electrons. The van der Waals surface area contributed by atoms with E-state index in [-0.39, 0.29) is 28.8 Å². The monoisotopic (exact) mass is 498 g/mol. The Kier molecular flexibility index (Phi) is 5.68. The van der Waals surface area contributed by atoms with Crippen LogP contribution in [0.15, 0.2) is 65.2 Å². The van der Waals surface area contributed by atoms with E-state index < -0.39 is 5.97 Å². The number of benzene rings is 2. The highest BCUT2D eigenvalue weighted by atomic mass is 16.5. The third-order valence-corrected chi connectivity index (χ3v) is 7.48. The molecule has 2 bridgehead atoms. The zero-order chi connectivity index (χ0) is 25.7. The number of pyridine rings is 1. The zero-order valence-corrected chi connectivity index (χ0v) is 20.3. The Balaban J connectivity index is 1.25. The van der Waals surface area contributed by atoms with Gasteiger partial charge in [-0.25, -0.2) is 4.79 Å². The summed E-state index contributed by atoms with van der Waals surface area (Å²) in [7, 11) is 1.32. The lowest BCUT2D eigenvalue weighted by Gasteiger charge is -2.42. The number of hydrogen-bond donors (Lipinski definition) is 1. The molecule has 188 valence electrons. The molecule has 3 aromatic rings. The number of ketones is 1. The standard InChI is InChI=1S/C29H26N2O6/c1-36-29(35)19-7-5-17(6-8-19)12-25-27(34)21-9-10-24(32)22(28(21)37-25)16-30-13-18-11-20(15-30)23-3-2-4-26(33)31(23)14-18/h2-10,12,18,20,32H,11,13-16H2,1H3/b25-12-/t18-,20?/m1/s1. The van der Waals surface area contributed by atoms with Crippen molar-refractivity contribution in [3.05, 3.63) is 98.7 Å². The van der Waals surface area contributed by atoms with Gasteiger partial charge < -0.3 is 19.1 Å². The second-order valence-corrected chi connectivity index (χ2v) is 9.89. The second-order valence-electron chi connectivity index (χ2n) is 9.89. The second kappa shape index (κ2) is 9.05. The lowest BCUT2D eigenvalue weighted by molar-refractivity contribution is 0.0600. The van der Waals surface area contributed by atoms with Gasteiger partial charge >= 0.3 is 5.97 Å². The molecule has 0 aliphatic carbocycles. The maximum Gasteiger partial charge on any atom is 0.337 e. The van der Waals surface area contributed by atoms with Crippen LogP contribution in [0.3, 0.4) is 0 Å². The summed E-state index contributed by atoms with van der Waals surface area (Å²) in [4.78, 5) is 39.4. The van der Waals surface area contributed by atoms with E-state index in [0.717, 1.165) is 25.2 Å². The van der Waals surface area contributed by atoms with Crippen LogP contribution >= 0.6 is 0 Å². The van der Waals surface area contributed by atoms with Crippen LogP contribution in [0.4, 0.5) is 0 Å². The van der Waals surface area contributed by atoms with Crippen molar-refractivity contribution in [2.75, 3.05) is 20.2 Å². The summed E-state index contributed by atoms with van der Waals surface area (Å²) in [5.41, 5.74) is 3.22. The Labute approximate surface area is 213 Å². The molecule has 6 rings (SSSR count). The van der Waals surface area contributed by atoms with E-state index in [2.05, 4.69) is 4.90 Å². The topological polar surface area (TPSA) is 98.1 Å². The summed E-state index contributed by atoms with van der Waals surface area (Å²) >= 11 is 0. The van der Waals surface area contributed by atoms with Crippen molar-refractivity contribution in [3.8, 4) is 11.5 Å². The maximum atomic E-state index is 13.1. The third kappa shape index (κ3) is 4.13. The summed E-state index contributed by atoms with van der Waals surface area (Å²) < 4.78 is 12.6. The molecule has 0 spiro atoms. The van der Waals surface area contributed by atoms with Crippen molar-refractivity contribution >= 4 is 17.8 Å². The fourth-order valence-corrected chi connectivity index (χ4v) is 5.78. The SMILES string of the molecule is COC(=O)c1ccc(/C=C2\Oc3c(ccc(O)c3CN3CC4C[C@H](C3)Cn3c4cccc3=O)C2=O)cc1. The Morgan fingerprint density at radius 2 is 1.89 bits per heavy atom. The van der Waals surface area contributed by atoms with Crippen molar-refractivity contribution in [2.24, 2.45) is 5.92 Å². The first-order valence-corrected chi connectivity index (χ1v) is 12.3. The number of carbonyl (C=O) groups is 2. The summed E-state index contributed by atoms with van der Waals surface area (Å²) in [5.74, 6) is 0.533. The van der Waals surface area contributed by atoms with Gasteiger partial charge in [-0.3, -0.25) is 14.5 Å². The summed E-state index contributed by atoms with van der Waals surface area (Å²) in [6.45, 7) is 2.68. The maximum absolute atomic E-state index is 13.1. The molecule has 0 amide bonds. The van der Waals surface area contributed by atoms with Crippen molar-refractivity contribution < 1.29 is 24.2 Å². The van der Waals surface area contributed by atoms with Crippen molar-refractivity contribution in [2.45, 2.75) is 25.4 Å². The Bertz CT molecular complexity index is 1500. The lowest BCUT2D eigenvalue weighted by atomic mass is 9.83. The predicted octanol–water partition coefficient (Wildman–Crippen LogP) is 3.58. The first-order chi connectivity index (χ1) is 17.9. The first-order valence-electron chi connectivity index (χ1n) is 12.3. The minimum Gasteiger partial charge on any atom is -0.507 e. The number of likely N-dealkylation sites (tertiary alicyclic amines) is 1. The molecule has 1 N–H and O–H groups in total. The van der Waals surface area contributed by atoms with E-state index in [4.69, 9.17) is 9.47 Å². The van der Waals surface area contributed by atoms with E-state index >= 15 is 0 Å². The molecule has 1 aromatic heterocycles. The molecule has 3 aliphatic heterocycles. The molecule has 1 fully saturated rings. The average Bonchev–Trinajstić information content (AvgIpc) is 3.21. The lowest BCUT2D eigenvalue weighted by Crippen LogP contribution is -2.46. The van der Waals surface area contributed by atoms with Crippen molar-refractivity contribution in [1.82, 2.24) is 9.47 Å². The highest BCUT2D eigenvalue weighted by Crippen LogP contribution is 2.42. The number of carbonyl (C=O) groups excluding carboxylic acids is 2. The van der Waals surface area contributed by atoms with Crippen LogP contribution in [0.5, 0.6) is 11.5 Å². The zero-order valence-electron chi connectivity index (χ0n) is 20.3. The molecule has 8 nitrogen and oxygen atoms in total. The smallest absolute Gasteiger partial charge is 0.337 e. The molecular weight excluding hydrogens is 472 g/mol. The highest BCUT2D eigenvalue weighted by Gasteiger charge is 2.36. The number of phenolic OH excluding ortho intramolecular Hbond substituents is 1. The number of phenols is 1. The van der Waals surface area contributed by atoms with Gasteiger partial charge in [-0.15, -0.1) is 0 Å². The summed E-state index contributed by atoms with van der Waals surface area (Å²) in [6.07, 6.45) is 2.67. The fraction of sp³-hybridized carbons (Fsp3) is 0.276. The van der Waals surface area contributed by atoms with Crippen molar-refractivity contribution in [3.63, 3.8) is 0 Å². The third-order valence-electron chi connectivity index (χ3n) is 7.48. The number of rotatable bonds is 4. The number of hydrogen-bond acceptors (Lipinski definition) is 7. The number of aromatic hydroxyl groups is 1. The first kappa shape index (κ1) is 23.2. The number of fused-ring (bicyclic) bond motifs is 5. The van der Waals surface area contributed by atoms with Crippen LogP contribution in [-0.2, 0) is 17.8 Å². The number of piperidine rings is 1. The number of ether oxygens (including phenoxy) is 2. The van der Waals surface area contributed by atoms with Gasteiger partial charge in [0.15, 0.2) is 5.76 Å². The molecule has 2 atom stereocenters. The van der Waals surface area contributed by atoms with Gasteiger partial charge in [0, 0.05) is 43.9 Å². The number of methoxy groups -OCH3 is 1. The number of allylic oxidation sites excluding steroid dienone is 1. The minimum atomic E-state index is -0.433. The van der Waals surface area contributed by atoms with Crippen molar-refractivity contribution in [1.29, 1.82) is 0 Å². The van der Waals surface area contributed by atoms with Crippen LogP contribution in [0.2, 0.25) is 0 Å². The van der Waals surface area contributed by atoms with Gasteiger partial charge in [-0.2, -0.15) is 0 Å². The molecular formula is C29H26N2O6. The van der Waals surface area contributed by atoms with E-state index in [1.165, 1.54) is 7.11 Å². The molecule has 8 heteroatoms. The van der Waals surface area contributed by atoms with Gasteiger partial charge in [-0.1, -0.05) is 18.2 Å². The van der Waals surface area contributed by atoms with E-state index in [9.17, 15) is 19.5 Å². The number of esters is 1. The normalized spacial score (nSPS) is 21.3. The average molecular weight is 499 g/mol. The predicted molar refractivity (Wildman–Crippen MR) is 136 cm³/mol. The molecule has 1 saturated heterocycles. The van der Waals surface area contributed by atoms with E-state index in [0.29, 0.717) is 47.0 Å². The van der Waals surface area contributed by atoms with Gasteiger partial charge in [0.2, 0.25) is 5.78 Å². The van der Waals surface area contributed by atoms with Crippen LogP contribution in [0.1, 0.15) is 49.9 Å². The van der Waals surface area contributed by atoms with Crippen LogP contribution < -0.4 is 10.3 Å². The molecule has 2 aromatic carbocycles.